The Hall–Kier alpha value is -3.36. The third kappa shape index (κ3) is 3.51. The molecule has 0 unspecified atom stereocenters. The highest BCUT2D eigenvalue weighted by Crippen LogP contribution is 2.22. The molecular formula is C17H18N8O. The van der Waals surface area contributed by atoms with E-state index in [1.165, 1.54) is 6.33 Å². The maximum atomic E-state index is 12.6. The van der Waals surface area contributed by atoms with E-state index in [0.29, 0.717) is 6.54 Å². The highest BCUT2D eigenvalue weighted by Gasteiger charge is 2.26. The van der Waals surface area contributed by atoms with Crippen molar-refractivity contribution in [3.05, 3.63) is 49.2 Å². The predicted molar refractivity (Wildman–Crippen MR) is 94.8 cm³/mol. The Bertz CT molecular complexity index is 850. The molecule has 1 N–H and O–H groups in total. The Balaban J connectivity index is 1.40. The molecule has 1 aliphatic rings. The van der Waals surface area contributed by atoms with Gasteiger partial charge in [-0.25, -0.2) is 9.67 Å². The molecule has 0 radical (unpaired) electrons. The fraction of sp³-hybridized carbons (Fsp3) is 0.294. The lowest BCUT2D eigenvalue weighted by molar-refractivity contribution is -0.120. The lowest BCUT2D eigenvalue weighted by atomic mass is 9.97. The van der Waals surface area contributed by atoms with Crippen molar-refractivity contribution in [1.29, 1.82) is 0 Å². The largest absolute Gasteiger partial charge is 0.355 e. The van der Waals surface area contributed by atoms with Crippen LogP contribution in [0.3, 0.4) is 0 Å². The first kappa shape index (κ1) is 16.1. The summed E-state index contributed by atoms with van der Waals surface area (Å²) in [6.07, 6.45) is 8.40. The SMILES string of the molecule is O=C(Nc1ccc(-n2cnnn2)cc1)[C@H]1CCCN(c2cnccn2)C1. The number of anilines is 2. The van der Waals surface area contributed by atoms with E-state index in [9.17, 15) is 4.79 Å². The maximum Gasteiger partial charge on any atom is 0.229 e. The molecule has 0 spiro atoms. The Morgan fingerprint density at radius 3 is 2.81 bits per heavy atom. The Labute approximate surface area is 150 Å². The van der Waals surface area contributed by atoms with Crippen molar-refractivity contribution in [1.82, 2.24) is 30.2 Å². The number of benzene rings is 1. The number of hydrogen-bond donors (Lipinski definition) is 1. The van der Waals surface area contributed by atoms with Gasteiger partial charge in [0.25, 0.3) is 0 Å². The van der Waals surface area contributed by atoms with Crippen LogP contribution >= 0.6 is 0 Å². The number of carbonyl (C=O) groups is 1. The average molecular weight is 350 g/mol. The molecule has 2 aromatic heterocycles. The van der Waals surface area contributed by atoms with Gasteiger partial charge in [0.1, 0.15) is 12.1 Å². The number of nitrogens with one attached hydrogen (secondary N) is 1. The lowest BCUT2D eigenvalue weighted by Crippen LogP contribution is -2.41. The molecule has 1 aromatic carbocycles. The van der Waals surface area contributed by atoms with E-state index in [0.717, 1.165) is 36.6 Å². The van der Waals surface area contributed by atoms with Gasteiger partial charge in [0.2, 0.25) is 5.91 Å². The maximum absolute atomic E-state index is 12.6. The first-order valence-corrected chi connectivity index (χ1v) is 8.45. The first-order chi connectivity index (χ1) is 12.8. The summed E-state index contributed by atoms with van der Waals surface area (Å²) in [5.41, 5.74) is 1.59. The van der Waals surface area contributed by atoms with Crippen molar-refractivity contribution in [2.45, 2.75) is 12.8 Å². The number of hydrogen-bond acceptors (Lipinski definition) is 7. The second-order valence-corrected chi connectivity index (χ2v) is 6.14. The van der Waals surface area contributed by atoms with Crippen LogP contribution in [0.4, 0.5) is 11.5 Å². The molecule has 9 heteroatoms. The molecule has 9 nitrogen and oxygen atoms in total. The molecule has 1 amide bonds. The topological polar surface area (TPSA) is 102 Å². The predicted octanol–water partition coefficient (Wildman–Crippen LogP) is 1.31. The van der Waals surface area contributed by atoms with Crippen molar-refractivity contribution >= 4 is 17.4 Å². The number of piperidine rings is 1. The highest BCUT2D eigenvalue weighted by atomic mass is 16.1. The van der Waals surface area contributed by atoms with Crippen molar-refractivity contribution in [2.24, 2.45) is 5.92 Å². The number of tetrazole rings is 1. The smallest absolute Gasteiger partial charge is 0.229 e. The third-order valence-electron chi connectivity index (χ3n) is 4.41. The zero-order valence-electron chi connectivity index (χ0n) is 14.1. The summed E-state index contributed by atoms with van der Waals surface area (Å²) < 4.78 is 1.56. The highest BCUT2D eigenvalue weighted by molar-refractivity contribution is 5.93. The molecule has 0 aliphatic carbocycles. The van der Waals surface area contributed by atoms with Crippen molar-refractivity contribution in [2.75, 3.05) is 23.3 Å². The van der Waals surface area contributed by atoms with Crippen LogP contribution < -0.4 is 10.2 Å². The lowest BCUT2D eigenvalue weighted by Gasteiger charge is -2.32. The van der Waals surface area contributed by atoms with E-state index in [1.807, 2.05) is 24.3 Å². The Morgan fingerprint density at radius 1 is 1.19 bits per heavy atom. The normalized spacial score (nSPS) is 17.1. The number of carbonyl (C=O) groups excluding carboxylic acids is 1. The van der Waals surface area contributed by atoms with Gasteiger partial charge in [-0.05, 0) is 47.5 Å². The third-order valence-corrected chi connectivity index (χ3v) is 4.41. The molecule has 1 fully saturated rings. The molecule has 3 heterocycles. The molecule has 132 valence electrons. The van der Waals surface area contributed by atoms with Crippen LogP contribution in [-0.2, 0) is 4.79 Å². The number of rotatable bonds is 4. The summed E-state index contributed by atoms with van der Waals surface area (Å²) in [7, 11) is 0. The van der Waals surface area contributed by atoms with E-state index >= 15 is 0 Å². The number of aromatic nitrogens is 6. The summed E-state index contributed by atoms with van der Waals surface area (Å²) in [6, 6.07) is 7.41. The molecule has 1 atom stereocenters. The number of nitrogens with zero attached hydrogens (tertiary/aromatic N) is 7. The van der Waals surface area contributed by atoms with Crippen LogP contribution in [0.25, 0.3) is 5.69 Å². The number of amides is 1. The second kappa shape index (κ2) is 7.26. The van der Waals surface area contributed by atoms with E-state index in [2.05, 4.69) is 35.7 Å². The zero-order chi connectivity index (χ0) is 17.8. The minimum Gasteiger partial charge on any atom is -0.355 e. The molecule has 3 aromatic rings. The molecule has 4 rings (SSSR count). The summed E-state index contributed by atoms with van der Waals surface area (Å²) in [5.74, 6) is 0.759. The van der Waals surface area contributed by atoms with Crippen LogP contribution in [0.15, 0.2) is 49.2 Å². The van der Waals surface area contributed by atoms with Crippen LogP contribution in [0, 0.1) is 5.92 Å². The van der Waals surface area contributed by atoms with Gasteiger partial charge in [-0.15, -0.1) is 5.10 Å². The van der Waals surface area contributed by atoms with Crippen molar-refractivity contribution in [3.8, 4) is 5.69 Å². The van der Waals surface area contributed by atoms with E-state index in [1.54, 1.807) is 23.3 Å². The summed E-state index contributed by atoms with van der Waals surface area (Å²) in [6.45, 7) is 1.54. The molecule has 1 saturated heterocycles. The summed E-state index contributed by atoms with van der Waals surface area (Å²) in [5, 5.41) is 14.1. The van der Waals surface area contributed by atoms with Gasteiger partial charge in [0, 0.05) is 31.2 Å². The van der Waals surface area contributed by atoms with Gasteiger partial charge in [0.05, 0.1) is 17.8 Å². The Kier molecular flexibility index (Phi) is 4.50. The summed E-state index contributed by atoms with van der Waals surface area (Å²) >= 11 is 0. The van der Waals surface area contributed by atoms with Gasteiger partial charge in [-0.3, -0.25) is 9.78 Å². The van der Waals surface area contributed by atoms with Crippen LogP contribution in [0.2, 0.25) is 0 Å². The van der Waals surface area contributed by atoms with Gasteiger partial charge >= 0.3 is 0 Å². The molecule has 0 saturated carbocycles. The van der Waals surface area contributed by atoms with Gasteiger partial charge in [-0.2, -0.15) is 0 Å². The van der Waals surface area contributed by atoms with E-state index in [4.69, 9.17) is 0 Å². The molecule has 0 bridgehead atoms. The fourth-order valence-corrected chi connectivity index (χ4v) is 3.08. The van der Waals surface area contributed by atoms with Gasteiger partial charge in [0.15, 0.2) is 0 Å². The van der Waals surface area contributed by atoms with Crippen LogP contribution in [0.5, 0.6) is 0 Å². The van der Waals surface area contributed by atoms with Crippen LogP contribution in [0.1, 0.15) is 12.8 Å². The molecular weight excluding hydrogens is 332 g/mol. The van der Waals surface area contributed by atoms with Gasteiger partial charge < -0.3 is 10.2 Å². The summed E-state index contributed by atoms with van der Waals surface area (Å²) in [4.78, 5) is 23.2. The first-order valence-electron chi connectivity index (χ1n) is 8.45. The monoisotopic (exact) mass is 350 g/mol. The fourth-order valence-electron chi connectivity index (χ4n) is 3.08. The van der Waals surface area contributed by atoms with Crippen LogP contribution in [-0.4, -0.2) is 49.2 Å². The minimum atomic E-state index is -0.0788. The Morgan fingerprint density at radius 2 is 2.08 bits per heavy atom. The molecule has 1 aliphatic heterocycles. The quantitative estimate of drug-likeness (QED) is 0.757. The van der Waals surface area contributed by atoms with Gasteiger partial charge in [-0.1, -0.05) is 0 Å². The van der Waals surface area contributed by atoms with E-state index < -0.39 is 0 Å². The van der Waals surface area contributed by atoms with Crippen molar-refractivity contribution in [3.63, 3.8) is 0 Å². The minimum absolute atomic E-state index is 0.0220. The second-order valence-electron chi connectivity index (χ2n) is 6.14. The average Bonchev–Trinajstić information content (AvgIpc) is 3.24. The standard InChI is InChI=1S/C17H18N8O/c26-17(13-2-1-9-24(11-13)16-10-18-7-8-19-16)21-14-3-5-15(6-4-14)25-12-20-22-23-25/h3-8,10,12-13H,1-2,9,11H2,(H,21,26)/t13-/m0/s1. The van der Waals surface area contributed by atoms with Crippen molar-refractivity contribution < 1.29 is 4.79 Å². The molecule has 26 heavy (non-hydrogen) atoms. The van der Waals surface area contributed by atoms with E-state index in [-0.39, 0.29) is 11.8 Å². The zero-order valence-corrected chi connectivity index (χ0v) is 14.1.